The topological polar surface area (TPSA) is 73.6 Å². The number of oxazole rings is 1. The lowest BCUT2D eigenvalue weighted by molar-refractivity contribution is -0.115. The number of carbonyl (C=O) groups excluding carboxylic acids is 1. The van der Waals surface area contributed by atoms with Crippen molar-refractivity contribution in [3.63, 3.8) is 0 Å². The molecule has 0 aliphatic carbocycles. The molecule has 140 valence electrons. The average Bonchev–Trinajstić information content (AvgIpc) is 3.02. The van der Waals surface area contributed by atoms with Gasteiger partial charge >= 0.3 is 0 Å². The Morgan fingerprint density at radius 2 is 1.89 bits per heavy atom. The average molecular weight is 366 g/mol. The predicted octanol–water partition coefficient (Wildman–Crippen LogP) is 4.16. The molecule has 1 N–H and O–H groups in total. The highest BCUT2D eigenvalue weighted by Gasteiger charge is 2.17. The number of amides is 1. The molecule has 3 rings (SSSR count). The fourth-order valence-electron chi connectivity index (χ4n) is 2.77. The lowest BCUT2D eigenvalue weighted by Crippen LogP contribution is -2.15. The summed E-state index contributed by atoms with van der Waals surface area (Å²) in [6.07, 6.45) is 0.108. The van der Waals surface area contributed by atoms with E-state index in [4.69, 9.17) is 13.9 Å². The Morgan fingerprint density at radius 3 is 2.59 bits per heavy atom. The molecule has 0 saturated carbocycles. The molecule has 0 saturated heterocycles. The van der Waals surface area contributed by atoms with Crippen LogP contribution < -0.4 is 14.8 Å². The monoisotopic (exact) mass is 366 g/mol. The van der Waals surface area contributed by atoms with Crippen LogP contribution in [0.4, 0.5) is 5.69 Å². The second kappa shape index (κ2) is 7.95. The van der Waals surface area contributed by atoms with Gasteiger partial charge in [0.05, 0.1) is 32.0 Å². The van der Waals surface area contributed by atoms with E-state index in [9.17, 15) is 4.79 Å². The van der Waals surface area contributed by atoms with Crippen LogP contribution in [0.25, 0.3) is 11.5 Å². The molecule has 1 amide bonds. The third-order valence-electron chi connectivity index (χ3n) is 4.28. The van der Waals surface area contributed by atoms with Gasteiger partial charge in [0.1, 0.15) is 17.3 Å². The maximum Gasteiger partial charge on any atom is 0.230 e. The zero-order valence-electron chi connectivity index (χ0n) is 15.8. The summed E-state index contributed by atoms with van der Waals surface area (Å²) in [6.45, 7) is 3.81. The van der Waals surface area contributed by atoms with Crippen molar-refractivity contribution in [2.45, 2.75) is 20.3 Å². The summed E-state index contributed by atoms with van der Waals surface area (Å²) in [7, 11) is 3.12. The number of methoxy groups -OCH3 is 2. The third kappa shape index (κ3) is 4.11. The van der Waals surface area contributed by atoms with E-state index in [0.717, 1.165) is 11.1 Å². The van der Waals surface area contributed by atoms with Gasteiger partial charge in [0.25, 0.3) is 0 Å². The van der Waals surface area contributed by atoms with E-state index in [1.807, 2.05) is 38.1 Å². The first kappa shape index (κ1) is 18.5. The van der Waals surface area contributed by atoms with Gasteiger partial charge < -0.3 is 19.2 Å². The predicted molar refractivity (Wildman–Crippen MR) is 103 cm³/mol. The fraction of sp³-hybridized carbons (Fsp3) is 0.238. The molecule has 3 aromatic rings. The van der Waals surface area contributed by atoms with Crippen molar-refractivity contribution in [3.05, 3.63) is 59.5 Å². The van der Waals surface area contributed by atoms with Gasteiger partial charge in [0, 0.05) is 11.6 Å². The summed E-state index contributed by atoms with van der Waals surface area (Å²) in [5.41, 5.74) is 3.17. The largest absolute Gasteiger partial charge is 0.497 e. The SMILES string of the molecule is COc1ccc(NC(=O)Cc2nc(-c3ccccc3C)oc2C)c(OC)c1. The second-order valence-corrected chi connectivity index (χ2v) is 6.13. The van der Waals surface area contributed by atoms with E-state index in [1.54, 1.807) is 32.4 Å². The molecule has 0 spiro atoms. The van der Waals surface area contributed by atoms with Gasteiger partial charge in [-0.15, -0.1) is 0 Å². The highest BCUT2D eigenvalue weighted by atomic mass is 16.5. The number of hydrogen-bond acceptors (Lipinski definition) is 5. The number of hydrogen-bond donors (Lipinski definition) is 1. The summed E-state index contributed by atoms with van der Waals surface area (Å²) in [5.74, 6) is 2.13. The minimum atomic E-state index is -0.203. The van der Waals surface area contributed by atoms with Crippen LogP contribution in [-0.2, 0) is 11.2 Å². The zero-order chi connectivity index (χ0) is 19.4. The summed E-state index contributed by atoms with van der Waals surface area (Å²) >= 11 is 0. The van der Waals surface area contributed by atoms with E-state index in [-0.39, 0.29) is 12.3 Å². The van der Waals surface area contributed by atoms with E-state index >= 15 is 0 Å². The zero-order valence-corrected chi connectivity index (χ0v) is 15.8. The lowest BCUT2D eigenvalue weighted by atomic mass is 10.1. The van der Waals surface area contributed by atoms with Gasteiger partial charge in [-0.3, -0.25) is 4.79 Å². The van der Waals surface area contributed by atoms with Crippen LogP contribution in [-0.4, -0.2) is 25.1 Å². The van der Waals surface area contributed by atoms with Crippen LogP contribution in [0, 0.1) is 13.8 Å². The van der Waals surface area contributed by atoms with Gasteiger partial charge in [-0.1, -0.05) is 18.2 Å². The molecule has 2 aromatic carbocycles. The minimum Gasteiger partial charge on any atom is -0.497 e. The molecule has 0 atom stereocenters. The maximum absolute atomic E-state index is 12.5. The van der Waals surface area contributed by atoms with E-state index < -0.39 is 0 Å². The van der Waals surface area contributed by atoms with Crippen molar-refractivity contribution in [1.29, 1.82) is 0 Å². The number of nitrogens with one attached hydrogen (secondary N) is 1. The first-order valence-corrected chi connectivity index (χ1v) is 8.56. The van der Waals surface area contributed by atoms with Crippen LogP contribution >= 0.6 is 0 Å². The molecule has 6 heteroatoms. The smallest absolute Gasteiger partial charge is 0.230 e. The molecule has 0 aliphatic heterocycles. The van der Waals surface area contributed by atoms with Crippen molar-refractivity contribution in [2.75, 3.05) is 19.5 Å². The standard InChI is InChI=1S/C21H22N2O4/c1-13-7-5-6-8-16(13)21-23-18(14(2)27-21)12-20(24)22-17-10-9-15(25-3)11-19(17)26-4/h5-11H,12H2,1-4H3,(H,22,24). The maximum atomic E-state index is 12.5. The number of rotatable bonds is 6. The number of aryl methyl sites for hydroxylation is 2. The van der Waals surface area contributed by atoms with E-state index in [1.165, 1.54) is 0 Å². The van der Waals surface area contributed by atoms with Gasteiger partial charge in [-0.2, -0.15) is 0 Å². The molecular formula is C21H22N2O4. The molecule has 1 aromatic heterocycles. The molecule has 6 nitrogen and oxygen atoms in total. The Balaban J connectivity index is 1.76. The summed E-state index contributed by atoms with van der Waals surface area (Å²) < 4.78 is 16.3. The second-order valence-electron chi connectivity index (χ2n) is 6.13. The van der Waals surface area contributed by atoms with E-state index in [2.05, 4.69) is 10.3 Å². The number of anilines is 1. The first-order valence-electron chi connectivity index (χ1n) is 8.56. The minimum absolute atomic E-state index is 0.108. The quantitative estimate of drug-likeness (QED) is 0.709. The van der Waals surface area contributed by atoms with Crippen LogP contribution in [0.5, 0.6) is 11.5 Å². The van der Waals surface area contributed by atoms with Gasteiger partial charge in [-0.25, -0.2) is 4.98 Å². The van der Waals surface area contributed by atoms with Crippen molar-refractivity contribution in [1.82, 2.24) is 4.98 Å². The molecule has 0 unspecified atom stereocenters. The highest BCUT2D eigenvalue weighted by molar-refractivity contribution is 5.93. The number of nitrogens with zero attached hydrogens (tertiary/aromatic N) is 1. The molecule has 1 heterocycles. The molecule has 27 heavy (non-hydrogen) atoms. The lowest BCUT2D eigenvalue weighted by Gasteiger charge is -2.11. The van der Waals surface area contributed by atoms with Crippen LogP contribution in [0.15, 0.2) is 46.9 Å². The third-order valence-corrected chi connectivity index (χ3v) is 4.28. The Kier molecular flexibility index (Phi) is 5.45. The Bertz CT molecular complexity index is 963. The Morgan fingerprint density at radius 1 is 1.11 bits per heavy atom. The number of aromatic nitrogens is 1. The van der Waals surface area contributed by atoms with Gasteiger partial charge in [-0.05, 0) is 37.6 Å². The summed E-state index contributed by atoms with van der Waals surface area (Å²) in [4.78, 5) is 17.0. The van der Waals surface area contributed by atoms with Crippen molar-refractivity contribution in [2.24, 2.45) is 0 Å². The molecule has 0 fully saturated rings. The number of carbonyl (C=O) groups is 1. The highest BCUT2D eigenvalue weighted by Crippen LogP contribution is 2.29. The fourth-order valence-corrected chi connectivity index (χ4v) is 2.77. The number of ether oxygens (including phenoxy) is 2. The number of benzene rings is 2. The van der Waals surface area contributed by atoms with E-state index in [0.29, 0.717) is 34.5 Å². The Labute approximate surface area is 158 Å². The van der Waals surface area contributed by atoms with Crippen LogP contribution in [0.2, 0.25) is 0 Å². The molecule has 0 bridgehead atoms. The summed E-state index contributed by atoms with van der Waals surface area (Å²) in [6, 6.07) is 13.1. The van der Waals surface area contributed by atoms with Crippen molar-refractivity contribution in [3.8, 4) is 23.0 Å². The first-order chi connectivity index (χ1) is 13.0. The van der Waals surface area contributed by atoms with Crippen molar-refractivity contribution >= 4 is 11.6 Å². The summed E-state index contributed by atoms with van der Waals surface area (Å²) in [5, 5.41) is 2.85. The molecule has 0 aliphatic rings. The normalized spacial score (nSPS) is 10.5. The van der Waals surface area contributed by atoms with Crippen LogP contribution in [0.1, 0.15) is 17.0 Å². The van der Waals surface area contributed by atoms with Crippen LogP contribution in [0.3, 0.4) is 0 Å². The molecule has 0 radical (unpaired) electrons. The van der Waals surface area contributed by atoms with Crippen molar-refractivity contribution < 1.29 is 18.7 Å². The molecular weight excluding hydrogens is 344 g/mol. The van der Waals surface area contributed by atoms with Gasteiger partial charge in [0.15, 0.2) is 0 Å². The van der Waals surface area contributed by atoms with Gasteiger partial charge in [0.2, 0.25) is 11.8 Å². The Hall–Kier alpha value is -3.28.